The lowest BCUT2D eigenvalue weighted by Crippen LogP contribution is -2.45. The van der Waals surface area contributed by atoms with Crippen LogP contribution in [0, 0.1) is 5.92 Å². The summed E-state index contributed by atoms with van der Waals surface area (Å²) < 4.78 is 21.7. The van der Waals surface area contributed by atoms with Crippen LogP contribution in [-0.4, -0.2) is 44.3 Å². The second kappa shape index (κ2) is 9.67. The number of esters is 1. The summed E-state index contributed by atoms with van der Waals surface area (Å²) in [7, 11) is 1.54. The van der Waals surface area contributed by atoms with Crippen LogP contribution in [0.25, 0.3) is 6.08 Å². The Kier molecular flexibility index (Phi) is 7.01. The molecular weight excluding hydrogens is 374 g/mol. The zero-order chi connectivity index (χ0) is 20.8. The number of fused-ring (bicyclic) bond motifs is 1. The normalized spacial score (nSPS) is 22.0. The fourth-order valence-electron chi connectivity index (χ4n) is 3.65. The summed E-state index contributed by atoms with van der Waals surface area (Å²) in [5.41, 5.74) is 0.705. The van der Waals surface area contributed by atoms with Gasteiger partial charge in [0.05, 0.1) is 7.11 Å². The second-order valence-corrected chi connectivity index (χ2v) is 7.54. The van der Waals surface area contributed by atoms with Crippen molar-refractivity contribution in [2.45, 2.75) is 51.7 Å². The van der Waals surface area contributed by atoms with E-state index in [0.717, 1.165) is 19.3 Å². The number of nitrogens with one attached hydrogen (secondary N) is 1. The first-order chi connectivity index (χ1) is 14.0. The molecule has 0 unspecified atom stereocenters. The molecule has 1 heterocycles. The van der Waals surface area contributed by atoms with Gasteiger partial charge in [0, 0.05) is 12.1 Å². The molecule has 1 saturated carbocycles. The van der Waals surface area contributed by atoms with Crippen LogP contribution in [0.15, 0.2) is 18.2 Å². The molecule has 1 aromatic rings. The Balaban J connectivity index is 1.57. The molecule has 2 aliphatic rings. The third kappa shape index (κ3) is 5.43. The molecule has 1 aromatic carbocycles. The number of ether oxygens (including phenoxy) is 4. The molecule has 0 aromatic heterocycles. The van der Waals surface area contributed by atoms with Gasteiger partial charge in [-0.05, 0) is 49.5 Å². The molecule has 1 aliphatic carbocycles. The third-order valence-corrected chi connectivity index (χ3v) is 5.36. The molecule has 1 aliphatic heterocycles. The summed E-state index contributed by atoms with van der Waals surface area (Å²) in [5.74, 6) is 1.26. The summed E-state index contributed by atoms with van der Waals surface area (Å²) in [6.45, 7) is 4.65. The van der Waals surface area contributed by atoms with Crippen molar-refractivity contribution in [2.24, 2.45) is 5.92 Å². The van der Waals surface area contributed by atoms with Gasteiger partial charge in [0.25, 0.3) is 5.91 Å². The van der Waals surface area contributed by atoms with Crippen molar-refractivity contribution < 1.29 is 28.5 Å². The largest absolute Gasteiger partial charge is 0.493 e. The SMILES string of the molecule is COc1cc(/C=C/C(=O)O[C@H](C)C(=O)N[C@H]2CCCC[C@@H]2C)cc2c1OCCO2. The number of rotatable bonds is 6. The Bertz CT molecular complexity index is 758. The van der Waals surface area contributed by atoms with Crippen LogP contribution < -0.4 is 19.5 Å². The highest BCUT2D eigenvalue weighted by atomic mass is 16.6. The highest BCUT2D eigenvalue weighted by molar-refractivity contribution is 5.90. The number of carbonyl (C=O) groups excluding carboxylic acids is 2. The van der Waals surface area contributed by atoms with E-state index in [0.29, 0.717) is 41.9 Å². The number of carbonyl (C=O) groups is 2. The quantitative estimate of drug-likeness (QED) is 0.581. The molecule has 29 heavy (non-hydrogen) atoms. The average molecular weight is 403 g/mol. The first-order valence-corrected chi connectivity index (χ1v) is 10.1. The van der Waals surface area contributed by atoms with Gasteiger partial charge in [0.1, 0.15) is 13.2 Å². The first kappa shape index (κ1) is 21.0. The summed E-state index contributed by atoms with van der Waals surface area (Å²) in [4.78, 5) is 24.5. The minimum Gasteiger partial charge on any atom is -0.493 e. The van der Waals surface area contributed by atoms with Crippen molar-refractivity contribution in [1.82, 2.24) is 5.32 Å². The van der Waals surface area contributed by atoms with Gasteiger partial charge >= 0.3 is 5.97 Å². The molecule has 3 rings (SSSR count). The van der Waals surface area contributed by atoms with E-state index in [1.54, 1.807) is 32.2 Å². The highest BCUT2D eigenvalue weighted by Gasteiger charge is 2.26. The number of hydrogen-bond acceptors (Lipinski definition) is 6. The van der Waals surface area contributed by atoms with Crippen LogP contribution >= 0.6 is 0 Å². The van der Waals surface area contributed by atoms with Gasteiger partial charge in [-0.1, -0.05) is 19.8 Å². The van der Waals surface area contributed by atoms with E-state index < -0.39 is 12.1 Å². The van der Waals surface area contributed by atoms with Gasteiger partial charge in [-0.3, -0.25) is 4.79 Å². The minimum absolute atomic E-state index is 0.151. The van der Waals surface area contributed by atoms with E-state index in [-0.39, 0.29) is 11.9 Å². The predicted molar refractivity (Wildman–Crippen MR) is 108 cm³/mol. The van der Waals surface area contributed by atoms with Crippen molar-refractivity contribution in [3.8, 4) is 17.2 Å². The maximum atomic E-state index is 12.4. The van der Waals surface area contributed by atoms with Gasteiger partial charge in [-0.15, -0.1) is 0 Å². The lowest BCUT2D eigenvalue weighted by atomic mass is 9.86. The van der Waals surface area contributed by atoms with Crippen LogP contribution in [0.3, 0.4) is 0 Å². The van der Waals surface area contributed by atoms with E-state index in [1.165, 1.54) is 12.5 Å². The van der Waals surface area contributed by atoms with Crippen molar-refractivity contribution >= 4 is 18.0 Å². The third-order valence-electron chi connectivity index (χ3n) is 5.36. The monoisotopic (exact) mass is 403 g/mol. The van der Waals surface area contributed by atoms with E-state index >= 15 is 0 Å². The molecule has 0 spiro atoms. The van der Waals surface area contributed by atoms with E-state index in [1.807, 2.05) is 0 Å². The van der Waals surface area contributed by atoms with Gasteiger partial charge < -0.3 is 24.3 Å². The number of methoxy groups -OCH3 is 1. The maximum Gasteiger partial charge on any atom is 0.331 e. The number of benzene rings is 1. The molecule has 0 saturated heterocycles. The lowest BCUT2D eigenvalue weighted by Gasteiger charge is -2.30. The molecule has 7 nitrogen and oxygen atoms in total. The van der Waals surface area contributed by atoms with Crippen LogP contribution in [-0.2, 0) is 14.3 Å². The van der Waals surface area contributed by atoms with E-state index in [4.69, 9.17) is 18.9 Å². The van der Waals surface area contributed by atoms with Crippen molar-refractivity contribution in [3.05, 3.63) is 23.8 Å². The first-order valence-electron chi connectivity index (χ1n) is 10.1. The van der Waals surface area contributed by atoms with Gasteiger partial charge in [0.15, 0.2) is 17.6 Å². The summed E-state index contributed by atoms with van der Waals surface area (Å²) in [5, 5.41) is 3.01. The molecule has 0 radical (unpaired) electrons. The molecule has 158 valence electrons. The average Bonchev–Trinajstić information content (AvgIpc) is 2.73. The zero-order valence-corrected chi connectivity index (χ0v) is 17.2. The lowest BCUT2D eigenvalue weighted by molar-refractivity contribution is -0.150. The Morgan fingerprint density at radius 2 is 1.97 bits per heavy atom. The molecule has 1 amide bonds. The molecule has 0 bridgehead atoms. The van der Waals surface area contributed by atoms with Gasteiger partial charge in [0.2, 0.25) is 5.75 Å². The standard InChI is InChI=1S/C22H29NO6/c1-14-6-4-5-7-17(14)23-22(25)15(2)29-20(24)9-8-16-12-18(26-3)21-19(13-16)27-10-11-28-21/h8-9,12-15,17H,4-7,10-11H2,1-3H3,(H,23,25)/b9-8+/t14-,15+,17-/m0/s1. The van der Waals surface area contributed by atoms with Gasteiger partial charge in [-0.2, -0.15) is 0 Å². The molecular formula is C22H29NO6. The Morgan fingerprint density at radius 1 is 1.21 bits per heavy atom. The fourth-order valence-corrected chi connectivity index (χ4v) is 3.65. The van der Waals surface area contributed by atoms with Crippen molar-refractivity contribution in [2.75, 3.05) is 20.3 Å². The Morgan fingerprint density at radius 3 is 2.72 bits per heavy atom. The number of amides is 1. The number of hydrogen-bond donors (Lipinski definition) is 1. The summed E-state index contributed by atoms with van der Waals surface area (Å²) in [6, 6.07) is 3.66. The van der Waals surface area contributed by atoms with Crippen molar-refractivity contribution in [1.29, 1.82) is 0 Å². The van der Waals surface area contributed by atoms with E-state index in [9.17, 15) is 9.59 Å². The Labute approximate surface area is 171 Å². The van der Waals surface area contributed by atoms with Crippen molar-refractivity contribution in [3.63, 3.8) is 0 Å². The van der Waals surface area contributed by atoms with Crippen LogP contribution in [0.5, 0.6) is 17.2 Å². The summed E-state index contributed by atoms with van der Waals surface area (Å²) >= 11 is 0. The highest BCUT2D eigenvalue weighted by Crippen LogP contribution is 2.40. The Hall–Kier alpha value is -2.70. The maximum absolute atomic E-state index is 12.4. The molecule has 3 atom stereocenters. The van der Waals surface area contributed by atoms with E-state index in [2.05, 4.69) is 12.2 Å². The van der Waals surface area contributed by atoms with Crippen LogP contribution in [0.1, 0.15) is 45.1 Å². The van der Waals surface area contributed by atoms with Gasteiger partial charge in [-0.25, -0.2) is 4.79 Å². The van der Waals surface area contributed by atoms with Crippen LogP contribution in [0.4, 0.5) is 0 Å². The fraction of sp³-hybridized carbons (Fsp3) is 0.545. The molecule has 7 heteroatoms. The predicted octanol–water partition coefficient (Wildman–Crippen LogP) is 3.11. The van der Waals surface area contributed by atoms with Crippen LogP contribution in [0.2, 0.25) is 0 Å². The summed E-state index contributed by atoms with van der Waals surface area (Å²) in [6.07, 6.45) is 6.43. The topological polar surface area (TPSA) is 83.1 Å². The smallest absolute Gasteiger partial charge is 0.331 e. The minimum atomic E-state index is -0.851. The second-order valence-electron chi connectivity index (χ2n) is 7.54. The molecule has 1 N–H and O–H groups in total. The molecule has 1 fully saturated rings. The zero-order valence-electron chi connectivity index (χ0n) is 17.2.